The van der Waals surface area contributed by atoms with Crippen molar-refractivity contribution in [3.05, 3.63) is 13.7 Å². The zero-order valence-electron chi connectivity index (χ0n) is 6.25. The number of nitrogens with zero attached hydrogens (tertiary/aromatic N) is 2. The van der Waals surface area contributed by atoms with Gasteiger partial charge in [-0.25, -0.2) is 4.79 Å². The highest BCUT2D eigenvalue weighted by Crippen LogP contribution is 2.29. The van der Waals surface area contributed by atoms with Gasteiger partial charge < -0.3 is 4.74 Å². The summed E-state index contributed by atoms with van der Waals surface area (Å²) >= 11 is 9.49. The van der Waals surface area contributed by atoms with Gasteiger partial charge in [-0.05, 0) is 47.8 Å². The van der Waals surface area contributed by atoms with Crippen LogP contribution in [0, 0.1) is 0 Å². The molecule has 0 unspecified atom stereocenters. The Labute approximate surface area is 98.7 Å². The van der Waals surface area contributed by atoms with E-state index in [1.807, 2.05) is 0 Å². The first-order valence-electron chi connectivity index (χ1n) is 2.92. The molecule has 13 heavy (non-hydrogen) atoms. The van der Waals surface area contributed by atoms with Crippen molar-refractivity contribution in [2.75, 3.05) is 7.11 Å². The normalized spacial score (nSPS) is 9.85. The summed E-state index contributed by atoms with van der Waals surface area (Å²) in [6, 6.07) is 0. The standard InChI is InChI=1S/C5H3Br3N2O3/c1-12-5(11)13-10-4(8)2(6)3(7)9-10/h1H3. The predicted octanol–water partition coefficient (Wildman–Crippen LogP) is 2.37. The molecule has 1 aromatic rings. The van der Waals surface area contributed by atoms with Gasteiger partial charge in [0.2, 0.25) is 0 Å². The van der Waals surface area contributed by atoms with Gasteiger partial charge in [-0.3, -0.25) is 4.84 Å². The molecule has 1 rings (SSSR count). The Morgan fingerprint density at radius 2 is 2.08 bits per heavy atom. The van der Waals surface area contributed by atoms with Crippen LogP contribution >= 0.6 is 47.8 Å². The number of carbonyl (C=O) groups is 1. The largest absolute Gasteiger partial charge is 0.534 e. The Morgan fingerprint density at radius 1 is 1.46 bits per heavy atom. The van der Waals surface area contributed by atoms with Crippen molar-refractivity contribution in [3.63, 3.8) is 0 Å². The number of carbonyl (C=O) groups excluding carboxylic acids is 1. The number of hydrogen-bond donors (Lipinski definition) is 0. The third-order valence-corrected chi connectivity index (χ3v) is 4.11. The summed E-state index contributed by atoms with van der Waals surface area (Å²) in [6.07, 6.45) is -0.844. The van der Waals surface area contributed by atoms with Crippen LogP contribution in [0.15, 0.2) is 13.7 Å². The molecule has 0 aliphatic carbocycles. The van der Waals surface area contributed by atoms with Crippen LogP contribution in [0.3, 0.4) is 0 Å². The molecule has 0 aromatic carbocycles. The molecule has 0 aliphatic heterocycles. The second kappa shape index (κ2) is 4.43. The van der Waals surface area contributed by atoms with E-state index < -0.39 is 6.16 Å². The molecule has 0 aliphatic rings. The van der Waals surface area contributed by atoms with Crippen LogP contribution in [0.4, 0.5) is 4.79 Å². The fraction of sp³-hybridized carbons (Fsp3) is 0.200. The van der Waals surface area contributed by atoms with Gasteiger partial charge in [0.05, 0.1) is 11.6 Å². The van der Waals surface area contributed by atoms with Crippen LogP contribution in [-0.4, -0.2) is 23.2 Å². The maximum atomic E-state index is 10.7. The third-order valence-electron chi connectivity index (χ3n) is 1.04. The summed E-state index contributed by atoms with van der Waals surface area (Å²) in [6.45, 7) is 0. The Morgan fingerprint density at radius 3 is 2.46 bits per heavy atom. The number of ether oxygens (including phenoxy) is 1. The van der Waals surface area contributed by atoms with Crippen molar-refractivity contribution in [2.24, 2.45) is 0 Å². The number of rotatable bonds is 1. The molecular formula is C5H3Br3N2O3. The Hall–Kier alpha value is -0.0800. The van der Waals surface area contributed by atoms with Crippen molar-refractivity contribution in [2.45, 2.75) is 0 Å². The Bertz CT molecular complexity index is 338. The summed E-state index contributed by atoms with van der Waals surface area (Å²) in [5.41, 5.74) is 0. The molecule has 0 atom stereocenters. The maximum absolute atomic E-state index is 10.7. The molecule has 0 N–H and O–H groups in total. The average Bonchev–Trinajstić information content (AvgIpc) is 2.34. The van der Waals surface area contributed by atoms with E-state index in [-0.39, 0.29) is 0 Å². The van der Waals surface area contributed by atoms with Crippen LogP contribution in [0.25, 0.3) is 0 Å². The molecule has 5 nitrogen and oxygen atoms in total. The van der Waals surface area contributed by atoms with Crippen molar-refractivity contribution in [1.29, 1.82) is 0 Å². The topological polar surface area (TPSA) is 53.4 Å². The second-order valence-electron chi connectivity index (χ2n) is 1.81. The quantitative estimate of drug-likeness (QED) is 0.704. The molecule has 0 spiro atoms. The van der Waals surface area contributed by atoms with Gasteiger partial charge in [0.1, 0.15) is 4.60 Å². The molecule has 0 bridgehead atoms. The van der Waals surface area contributed by atoms with Gasteiger partial charge in [-0.1, -0.05) is 4.85 Å². The van der Waals surface area contributed by atoms with Gasteiger partial charge in [0.25, 0.3) is 0 Å². The Kier molecular flexibility index (Phi) is 3.74. The molecular weight excluding hydrogens is 376 g/mol. The SMILES string of the molecule is COC(=O)On1nc(Br)c(Br)c1Br. The lowest BCUT2D eigenvalue weighted by molar-refractivity contribution is 0.0494. The van der Waals surface area contributed by atoms with Crippen LogP contribution in [-0.2, 0) is 4.74 Å². The summed E-state index contributed by atoms with van der Waals surface area (Å²) < 4.78 is 5.93. The first-order chi connectivity index (χ1) is 6.06. The lowest BCUT2D eigenvalue weighted by atomic mass is 10.8. The summed E-state index contributed by atoms with van der Waals surface area (Å²) in [5.74, 6) is 0. The smallest absolute Gasteiger partial charge is 0.436 e. The molecule has 0 fully saturated rings. The fourth-order valence-corrected chi connectivity index (χ4v) is 1.67. The second-order valence-corrected chi connectivity index (χ2v) is 4.11. The third kappa shape index (κ3) is 2.44. The molecule has 0 saturated carbocycles. The molecule has 8 heteroatoms. The number of hydrogen-bond acceptors (Lipinski definition) is 4. The predicted molar refractivity (Wildman–Crippen MR) is 54.3 cm³/mol. The minimum absolute atomic E-state index is 0.477. The van der Waals surface area contributed by atoms with E-state index in [9.17, 15) is 4.79 Å². The van der Waals surface area contributed by atoms with Crippen molar-refractivity contribution in [3.8, 4) is 0 Å². The first-order valence-corrected chi connectivity index (χ1v) is 5.30. The van der Waals surface area contributed by atoms with Crippen LogP contribution < -0.4 is 4.84 Å². The highest BCUT2D eigenvalue weighted by molar-refractivity contribution is 9.14. The lowest BCUT2D eigenvalue weighted by Gasteiger charge is -2.00. The Balaban J connectivity index is 2.90. The van der Waals surface area contributed by atoms with E-state index in [2.05, 4.69) is 62.5 Å². The van der Waals surface area contributed by atoms with Crippen LogP contribution in [0.5, 0.6) is 0 Å². The molecule has 72 valence electrons. The van der Waals surface area contributed by atoms with Gasteiger partial charge in [0.15, 0.2) is 4.60 Å². The lowest BCUT2D eigenvalue weighted by Crippen LogP contribution is -2.20. The fourth-order valence-electron chi connectivity index (χ4n) is 0.505. The monoisotopic (exact) mass is 376 g/mol. The zero-order chi connectivity index (χ0) is 10.0. The average molecular weight is 379 g/mol. The number of aromatic nitrogens is 2. The van der Waals surface area contributed by atoms with Crippen molar-refractivity contribution < 1.29 is 14.4 Å². The number of methoxy groups -OCH3 is 1. The van der Waals surface area contributed by atoms with E-state index in [1.54, 1.807) is 0 Å². The van der Waals surface area contributed by atoms with Crippen molar-refractivity contribution in [1.82, 2.24) is 9.94 Å². The summed E-state index contributed by atoms with van der Waals surface area (Å²) in [4.78, 5) is 16.3. The summed E-state index contributed by atoms with van der Waals surface area (Å²) in [7, 11) is 1.21. The molecule has 0 saturated heterocycles. The highest BCUT2D eigenvalue weighted by atomic mass is 79.9. The summed E-state index contributed by atoms with van der Waals surface area (Å²) in [5, 5.41) is 3.81. The first kappa shape index (κ1) is 11.0. The molecule has 0 amide bonds. The van der Waals surface area contributed by atoms with Gasteiger partial charge in [-0.15, -0.1) is 5.10 Å². The van der Waals surface area contributed by atoms with Gasteiger partial charge in [-0.2, -0.15) is 0 Å². The number of halogens is 3. The van der Waals surface area contributed by atoms with E-state index in [0.717, 1.165) is 4.85 Å². The van der Waals surface area contributed by atoms with E-state index >= 15 is 0 Å². The van der Waals surface area contributed by atoms with E-state index in [4.69, 9.17) is 0 Å². The molecule has 1 heterocycles. The van der Waals surface area contributed by atoms with Crippen LogP contribution in [0.2, 0.25) is 0 Å². The van der Waals surface area contributed by atoms with E-state index in [0.29, 0.717) is 13.7 Å². The minimum Gasteiger partial charge on any atom is -0.436 e. The van der Waals surface area contributed by atoms with E-state index in [1.165, 1.54) is 7.11 Å². The van der Waals surface area contributed by atoms with Gasteiger partial charge >= 0.3 is 6.16 Å². The maximum Gasteiger partial charge on any atom is 0.534 e. The van der Waals surface area contributed by atoms with Crippen LogP contribution in [0.1, 0.15) is 0 Å². The van der Waals surface area contributed by atoms with Gasteiger partial charge in [0, 0.05) is 0 Å². The van der Waals surface area contributed by atoms with Crippen molar-refractivity contribution >= 4 is 53.9 Å². The zero-order valence-corrected chi connectivity index (χ0v) is 11.0. The minimum atomic E-state index is -0.844. The molecule has 1 aromatic heterocycles. The molecule has 0 radical (unpaired) electrons. The highest BCUT2D eigenvalue weighted by Gasteiger charge is 2.15.